The molecule has 1 unspecified atom stereocenters. The Labute approximate surface area is 108 Å². The predicted octanol–water partition coefficient (Wildman–Crippen LogP) is 2.47. The van der Waals surface area contributed by atoms with Crippen LogP contribution < -0.4 is 5.32 Å². The van der Waals surface area contributed by atoms with E-state index in [9.17, 15) is 4.79 Å². The van der Waals surface area contributed by atoms with Gasteiger partial charge in [-0.25, -0.2) is 9.86 Å². The van der Waals surface area contributed by atoms with Crippen LogP contribution in [0.25, 0.3) is 0 Å². The van der Waals surface area contributed by atoms with E-state index < -0.39 is 0 Å². The molecule has 3 aliphatic rings. The largest absolute Gasteiger partial charge is 0.341 e. The Morgan fingerprint density at radius 3 is 3.00 bits per heavy atom. The van der Waals surface area contributed by atoms with Crippen LogP contribution in [0, 0.1) is 11.3 Å². The van der Waals surface area contributed by atoms with Crippen molar-refractivity contribution < 1.29 is 9.63 Å². The maximum Gasteiger partial charge on any atom is 0.341 e. The van der Waals surface area contributed by atoms with Gasteiger partial charge in [-0.05, 0) is 44.4 Å². The van der Waals surface area contributed by atoms with Crippen molar-refractivity contribution in [3.8, 4) is 0 Å². The highest BCUT2D eigenvalue weighted by Crippen LogP contribution is 2.49. The number of allylic oxidation sites excluding steroid dienone is 2. The van der Waals surface area contributed by atoms with Crippen molar-refractivity contribution in [1.29, 1.82) is 0 Å². The molecule has 1 N–H and O–H groups in total. The summed E-state index contributed by atoms with van der Waals surface area (Å²) in [6.45, 7) is 2.28. The Balaban J connectivity index is 1.35. The lowest BCUT2D eigenvalue weighted by Gasteiger charge is -2.19. The zero-order valence-corrected chi connectivity index (χ0v) is 10.9. The second-order valence-electron chi connectivity index (χ2n) is 5.98. The fourth-order valence-corrected chi connectivity index (χ4v) is 2.81. The lowest BCUT2D eigenvalue weighted by molar-refractivity contribution is -0.0671. The summed E-state index contributed by atoms with van der Waals surface area (Å²) in [5.41, 5.74) is 0.325. The molecule has 2 fully saturated rings. The first-order valence-corrected chi connectivity index (χ1v) is 7.11. The maximum atomic E-state index is 11.9. The molecule has 18 heavy (non-hydrogen) atoms. The number of carbonyl (C=O) groups excluding carboxylic acids is 1. The number of rotatable bonds is 3. The van der Waals surface area contributed by atoms with Crippen LogP contribution in [0.3, 0.4) is 0 Å². The molecule has 4 heteroatoms. The van der Waals surface area contributed by atoms with Gasteiger partial charge in [-0.1, -0.05) is 12.2 Å². The number of hydroxylamine groups is 2. The van der Waals surface area contributed by atoms with E-state index in [-0.39, 0.29) is 6.03 Å². The summed E-state index contributed by atoms with van der Waals surface area (Å²) < 4.78 is 0. The molecule has 0 bridgehead atoms. The van der Waals surface area contributed by atoms with Gasteiger partial charge in [0.25, 0.3) is 0 Å². The summed E-state index contributed by atoms with van der Waals surface area (Å²) >= 11 is 0. The van der Waals surface area contributed by atoms with Gasteiger partial charge in [0.15, 0.2) is 0 Å². The third-order valence-corrected chi connectivity index (χ3v) is 4.40. The van der Waals surface area contributed by atoms with E-state index in [1.807, 2.05) is 0 Å². The van der Waals surface area contributed by atoms with Gasteiger partial charge in [0.2, 0.25) is 0 Å². The molecule has 4 nitrogen and oxygen atoms in total. The lowest BCUT2D eigenvalue weighted by atomic mass is 9.92. The van der Waals surface area contributed by atoms with Gasteiger partial charge in [-0.3, -0.25) is 4.84 Å². The van der Waals surface area contributed by atoms with E-state index in [1.165, 1.54) is 37.2 Å². The molecule has 1 aliphatic heterocycles. The quantitative estimate of drug-likeness (QED) is 0.782. The first-order valence-electron chi connectivity index (χ1n) is 7.11. The Kier molecular flexibility index (Phi) is 3.29. The highest BCUT2D eigenvalue weighted by molar-refractivity contribution is 5.73. The van der Waals surface area contributed by atoms with Crippen molar-refractivity contribution in [3.63, 3.8) is 0 Å². The van der Waals surface area contributed by atoms with Crippen molar-refractivity contribution in [1.82, 2.24) is 10.4 Å². The van der Waals surface area contributed by atoms with Gasteiger partial charge >= 0.3 is 6.03 Å². The molecule has 2 amide bonds. The molecule has 1 heterocycles. The van der Waals surface area contributed by atoms with E-state index in [0.29, 0.717) is 5.41 Å². The SMILES string of the molecule is O=C(NCCC1CC=CCC1)N1CC2(CC2)CO1. The second kappa shape index (κ2) is 4.92. The van der Waals surface area contributed by atoms with Crippen LogP contribution in [0.4, 0.5) is 4.79 Å². The third kappa shape index (κ3) is 2.69. The van der Waals surface area contributed by atoms with Crippen LogP contribution in [0.1, 0.15) is 38.5 Å². The zero-order chi connectivity index (χ0) is 12.4. The number of amides is 2. The average Bonchev–Trinajstić information content (AvgIpc) is 3.00. The summed E-state index contributed by atoms with van der Waals surface area (Å²) in [5.74, 6) is 0.740. The number of carbonyl (C=O) groups is 1. The highest BCUT2D eigenvalue weighted by Gasteiger charge is 2.50. The Hall–Kier alpha value is -1.03. The molecule has 3 rings (SSSR count). The van der Waals surface area contributed by atoms with E-state index in [4.69, 9.17) is 4.84 Å². The fourth-order valence-electron chi connectivity index (χ4n) is 2.81. The minimum absolute atomic E-state index is 0.0508. The average molecular weight is 250 g/mol. The molecule has 1 saturated heterocycles. The fraction of sp³-hybridized carbons (Fsp3) is 0.786. The normalized spacial score (nSPS) is 28.7. The molecule has 2 aliphatic carbocycles. The van der Waals surface area contributed by atoms with Crippen molar-refractivity contribution >= 4 is 6.03 Å². The van der Waals surface area contributed by atoms with Crippen molar-refractivity contribution in [3.05, 3.63) is 12.2 Å². The molecular formula is C14H22N2O2. The minimum Gasteiger partial charge on any atom is -0.336 e. The van der Waals surface area contributed by atoms with Crippen molar-refractivity contribution in [2.24, 2.45) is 11.3 Å². The number of nitrogens with zero attached hydrogens (tertiary/aromatic N) is 1. The van der Waals surface area contributed by atoms with E-state index in [1.54, 1.807) is 0 Å². The number of nitrogens with one attached hydrogen (secondary N) is 1. The molecule has 0 aromatic heterocycles. The highest BCUT2D eigenvalue weighted by atomic mass is 16.7. The van der Waals surface area contributed by atoms with Gasteiger partial charge < -0.3 is 5.32 Å². The second-order valence-corrected chi connectivity index (χ2v) is 5.98. The summed E-state index contributed by atoms with van der Waals surface area (Å²) in [6, 6.07) is -0.0508. The predicted molar refractivity (Wildman–Crippen MR) is 68.8 cm³/mol. The molecule has 1 spiro atoms. The number of hydrogen-bond donors (Lipinski definition) is 1. The van der Waals surface area contributed by atoms with Gasteiger partial charge in [0.05, 0.1) is 13.2 Å². The van der Waals surface area contributed by atoms with Crippen LogP contribution in [0.15, 0.2) is 12.2 Å². The molecule has 1 saturated carbocycles. The van der Waals surface area contributed by atoms with Crippen molar-refractivity contribution in [2.45, 2.75) is 38.5 Å². The van der Waals surface area contributed by atoms with E-state index in [2.05, 4.69) is 17.5 Å². The lowest BCUT2D eigenvalue weighted by Crippen LogP contribution is -2.38. The summed E-state index contributed by atoms with van der Waals surface area (Å²) in [6.07, 6.45) is 11.6. The van der Waals surface area contributed by atoms with Gasteiger partial charge in [-0.15, -0.1) is 0 Å². The zero-order valence-electron chi connectivity index (χ0n) is 10.9. The van der Waals surface area contributed by atoms with Crippen LogP contribution in [-0.4, -0.2) is 30.8 Å². The smallest absolute Gasteiger partial charge is 0.336 e. The van der Waals surface area contributed by atoms with E-state index in [0.717, 1.165) is 32.0 Å². The first-order chi connectivity index (χ1) is 8.77. The third-order valence-electron chi connectivity index (χ3n) is 4.40. The molecule has 1 atom stereocenters. The Bertz CT molecular complexity index is 350. The topological polar surface area (TPSA) is 41.6 Å². The molecule has 0 aromatic rings. The molecule has 100 valence electrons. The summed E-state index contributed by atoms with van der Waals surface area (Å²) in [7, 11) is 0. The molecule has 0 aromatic carbocycles. The maximum absolute atomic E-state index is 11.9. The number of urea groups is 1. The Morgan fingerprint density at radius 2 is 2.33 bits per heavy atom. The monoisotopic (exact) mass is 250 g/mol. The van der Waals surface area contributed by atoms with Gasteiger partial charge in [0.1, 0.15) is 0 Å². The van der Waals surface area contributed by atoms with Crippen molar-refractivity contribution in [2.75, 3.05) is 19.7 Å². The standard InChI is InChI=1S/C14H22N2O2/c17-13(16-10-14(7-8-14)11-18-16)15-9-6-12-4-2-1-3-5-12/h1-2,12H,3-11H2,(H,15,17). The van der Waals surface area contributed by atoms with Crippen LogP contribution in [0.2, 0.25) is 0 Å². The van der Waals surface area contributed by atoms with Gasteiger partial charge in [0, 0.05) is 12.0 Å². The Morgan fingerprint density at radius 1 is 1.44 bits per heavy atom. The van der Waals surface area contributed by atoms with Crippen LogP contribution in [0.5, 0.6) is 0 Å². The minimum atomic E-state index is -0.0508. The molecule has 0 radical (unpaired) electrons. The molecular weight excluding hydrogens is 228 g/mol. The van der Waals surface area contributed by atoms with Crippen LogP contribution >= 0.6 is 0 Å². The van der Waals surface area contributed by atoms with E-state index >= 15 is 0 Å². The first kappa shape index (κ1) is 12.0. The number of hydrogen-bond acceptors (Lipinski definition) is 2. The van der Waals surface area contributed by atoms with Gasteiger partial charge in [-0.2, -0.15) is 0 Å². The van der Waals surface area contributed by atoms with Crippen LogP contribution in [-0.2, 0) is 4.84 Å². The summed E-state index contributed by atoms with van der Waals surface area (Å²) in [4.78, 5) is 17.3. The summed E-state index contributed by atoms with van der Waals surface area (Å²) in [5, 5.41) is 4.50.